The Balaban J connectivity index is 2.04. The number of benzene rings is 3. The lowest BCUT2D eigenvalue weighted by atomic mass is 10.1. The fourth-order valence-electron chi connectivity index (χ4n) is 3.99. The van der Waals surface area contributed by atoms with Crippen LogP contribution in [-0.2, 0) is 26.3 Å². The molecule has 8 heteroatoms. The normalized spacial score (nSPS) is 13.0. The van der Waals surface area contributed by atoms with Crippen molar-refractivity contribution >= 4 is 19.9 Å². The minimum atomic E-state index is -4.16. The van der Waals surface area contributed by atoms with Crippen LogP contribution in [-0.4, -0.2) is 29.3 Å². The lowest BCUT2D eigenvalue weighted by molar-refractivity contribution is 0.410. The van der Waals surface area contributed by atoms with Gasteiger partial charge in [-0.1, -0.05) is 48.0 Å². The largest absolute Gasteiger partial charge is 0.496 e. The number of methoxy groups -OCH3 is 1. The first kappa shape index (κ1) is 25.9. The fourth-order valence-corrected chi connectivity index (χ4v) is 7.77. The molecule has 0 heterocycles. The summed E-state index contributed by atoms with van der Waals surface area (Å²) < 4.78 is 62.1. The van der Waals surface area contributed by atoms with Crippen LogP contribution in [0.2, 0.25) is 0 Å². The number of hydrogen-bond acceptors (Lipinski definition) is 5. The van der Waals surface area contributed by atoms with Gasteiger partial charge in [0.2, 0.25) is 10.0 Å². The molecule has 0 bridgehead atoms. The smallest absolute Gasteiger partial charge is 0.242 e. The van der Waals surface area contributed by atoms with Gasteiger partial charge in [0.1, 0.15) is 11.1 Å². The molecule has 3 rings (SSSR count). The van der Waals surface area contributed by atoms with Crippen LogP contribution in [0.25, 0.3) is 0 Å². The molecular formula is C26H31NO5S2. The minimum Gasteiger partial charge on any atom is -0.496 e. The Morgan fingerprint density at radius 3 is 2.06 bits per heavy atom. The van der Waals surface area contributed by atoms with E-state index in [-0.39, 0.29) is 16.2 Å². The summed E-state index contributed by atoms with van der Waals surface area (Å²) in [4.78, 5) is 0.160. The molecule has 0 fully saturated rings. The van der Waals surface area contributed by atoms with E-state index in [9.17, 15) is 16.8 Å². The van der Waals surface area contributed by atoms with Crippen molar-refractivity contribution in [1.82, 2.24) is 4.72 Å². The molecular weight excluding hydrogens is 470 g/mol. The van der Waals surface area contributed by atoms with Gasteiger partial charge in [-0.25, -0.2) is 16.8 Å². The summed E-state index contributed by atoms with van der Waals surface area (Å²) in [5.74, 6) is 0.585. The number of ether oxygens (including phenoxy) is 1. The zero-order valence-corrected chi connectivity index (χ0v) is 21.8. The average molecular weight is 502 g/mol. The molecule has 0 radical (unpaired) electrons. The first-order valence-corrected chi connectivity index (χ1v) is 14.0. The predicted octanol–water partition coefficient (Wildman–Crippen LogP) is 4.64. The maximum absolute atomic E-state index is 13.6. The molecule has 1 atom stereocenters. The number of sulfonamides is 1. The van der Waals surface area contributed by atoms with Crippen molar-refractivity contribution in [3.8, 4) is 5.75 Å². The predicted molar refractivity (Wildman–Crippen MR) is 134 cm³/mol. The second-order valence-corrected chi connectivity index (χ2v) is 12.2. The Kier molecular flexibility index (Phi) is 7.85. The van der Waals surface area contributed by atoms with Crippen molar-refractivity contribution < 1.29 is 21.6 Å². The number of sulfone groups is 1. The Hall–Kier alpha value is -2.68. The second-order valence-electron chi connectivity index (χ2n) is 8.47. The summed E-state index contributed by atoms with van der Waals surface area (Å²) in [6.45, 7) is 7.02. The van der Waals surface area contributed by atoms with Crippen molar-refractivity contribution in [2.45, 2.75) is 55.7 Å². The summed E-state index contributed by atoms with van der Waals surface area (Å²) in [6.07, 6.45) is 0.491. The molecule has 0 amide bonds. The quantitative estimate of drug-likeness (QED) is 0.461. The van der Waals surface area contributed by atoms with Crippen LogP contribution in [0.5, 0.6) is 5.75 Å². The molecule has 1 N–H and O–H groups in total. The van der Waals surface area contributed by atoms with E-state index in [1.807, 2.05) is 37.3 Å². The molecule has 6 nitrogen and oxygen atoms in total. The van der Waals surface area contributed by atoms with E-state index < -0.39 is 25.2 Å². The Labute approximate surface area is 203 Å². The molecule has 0 aliphatic heterocycles. The highest BCUT2D eigenvalue weighted by Crippen LogP contribution is 2.31. The van der Waals surface area contributed by atoms with E-state index in [2.05, 4.69) is 4.72 Å². The van der Waals surface area contributed by atoms with Gasteiger partial charge in [-0.05, 0) is 81.0 Å². The number of aryl methyl sites for hydroxylation is 3. The third-order valence-electron chi connectivity index (χ3n) is 6.02. The topological polar surface area (TPSA) is 89.5 Å². The van der Waals surface area contributed by atoms with Crippen molar-refractivity contribution in [2.24, 2.45) is 0 Å². The van der Waals surface area contributed by atoms with Crippen molar-refractivity contribution in [2.75, 3.05) is 7.11 Å². The van der Waals surface area contributed by atoms with E-state index >= 15 is 0 Å². The highest BCUT2D eigenvalue weighted by molar-refractivity contribution is 7.94. The summed E-state index contributed by atoms with van der Waals surface area (Å²) in [7, 11) is -6.62. The summed E-state index contributed by atoms with van der Waals surface area (Å²) in [5, 5.41) is -1.33. The van der Waals surface area contributed by atoms with Crippen LogP contribution in [0.3, 0.4) is 0 Å². The summed E-state index contributed by atoms with van der Waals surface area (Å²) in [6, 6.07) is 17.5. The Morgan fingerprint density at radius 1 is 0.853 bits per heavy atom. The van der Waals surface area contributed by atoms with Gasteiger partial charge >= 0.3 is 0 Å². The molecule has 182 valence electrons. The van der Waals surface area contributed by atoms with Crippen molar-refractivity contribution in [1.29, 1.82) is 0 Å². The Morgan fingerprint density at radius 2 is 1.47 bits per heavy atom. The maximum Gasteiger partial charge on any atom is 0.242 e. The molecule has 3 aromatic carbocycles. The van der Waals surface area contributed by atoms with E-state index in [1.165, 1.54) is 19.2 Å². The van der Waals surface area contributed by atoms with Crippen molar-refractivity contribution in [3.63, 3.8) is 0 Å². The van der Waals surface area contributed by atoms with Gasteiger partial charge in [-0.15, -0.1) is 0 Å². The summed E-state index contributed by atoms with van der Waals surface area (Å²) >= 11 is 0. The zero-order chi connectivity index (χ0) is 25.1. The van der Waals surface area contributed by atoms with Crippen LogP contribution in [0.1, 0.15) is 34.2 Å². The van der Waals surface area contributed by atoms with Gasteiger partial charge in [0.05, 0.1) is 16.9 Å². The van der Waals surface area contributed by atoms with Crippen LogP contribution in [0.4, 0.5) is 0 Å². The third kappa shape index (κ3) is 5.51. The highest BCUT2D eigenvalue weighted by atomic mass is 32.2. The van der Waals surface area contributed by atoms with Crippen molar-refractivity contribution in [3.05, 3.63) is 88.5 Å². The van der Waals surface area contributed by atoms with Crippen LogP contribution < -0.4 is 9.46 Å². The standard InChI is InChI=1S/C26H31NO5S2/c1-18-11-14-23(15-12-18)33(28,29)25(16-13-22-9-7-6-8-10-22)27-34(30,31)26-19(2)17-24(32-5)20(3)21(26)4/h6-12,14-15,17,25,27H,13,16H2,1-5H3. The molecule has 3 aromatic rings. The van der Waals surface area contributed by atoms with E-state index in [0.29, 0.717) is 28.9 Å². The SMILES string of the molecule is COc1cc(C)c(S(=O)(=O)NC(CCc2ccccc2)S(=O)(=O)c2ccc(C)cc2)c(C)c1C. The maximum atomic E-state index is 13.6. The molecule has 0 aromatic heterocycles. The molecule has 1 unspecified atom stereocenters. The van der Waals surface area contributed by atoms with Crippen LogP contribution in [0, 0.1) is 27.7 Å². The second kappa shape index (κ2) is 10.3. The van der Waals surface area contributed by atoms with E-state index in [1.54, 1.807) is 39.0 Å². The van der Waals surface area contributed by atoms with Gasteiger partial charge in [0.25, 0.3) is 0 Å². The van der Waals surface area contributed by atoms with Gasteiger partial charge in [0, 0.05) is 0 Å². The highest BCUT2D eigenvalue weighted by Gasteiger charge is 2.33. The van der Waals surface area contributed by atoms with Crippen LogP contribution >= 0.6 is 0 Å². The third-order valence-corrected chi connectivity index (χ3v) is 9.96. The minimum absolute atomic E-state index is 0.0783. The lowest BCUT2D eigenvalue weighted by Crippen LogP contribution is -2.41. The zero-order valence-electron chi connectivity index (χ0n) is 20.1. The molecule has 0 saturated heterocycles. The van der Waals surface area contributed by atoms with Crippen LogP contribution in [0.15, 0.2) is 70.5 Å². The van der Waals surface area contributed by atoms with Gasteiger partial charge < -0.3 is 4.74 Å². The summed E-state index contributed by atoms with van der Waals surface area (Å²) in [5.41, 5.74) is 3.55. The molecule has 34 heavy (non-hydrogen) atoms. The molecule has 0 aliphatic carbocycles. The monoisotopic (exact) mass is 501 g/mol. The lowest BCUT2D eigenvalue weighted by Gasteiger charge is -2.22. The number of rotatable bonds is 9. The molecule has 0 aliphatic rings. The average Bonchev–Trinajstić information content (AvgIpc) is 2.79. The fraction of sp³-hybridized carbons (Fsp3) is 0.308. The number of nitrogens with one attached hydrogen (secondary N) is 1. The first-order valence-electron chi connectivity index (χ1n) is 11.0. The van der Waals surface area contributed by atoms with E-state index in [0.717, 1.165) is 11.1 Å². The molecule has 0 spiro atoms. The van der Waals surface area contributed by atoms with Gasteiger partial charge in [-0.2, -0.15) is 4.72 Å². The van der Waals surface area contributed by atoms with E-state index in [4.69, 9.17) is 4.74 Å². The Bertz CT molecular complexity index is 1360. The van der Waals surface area contributed by atoms with Gasteiger partial charge in [-0.3, -0.25) is 0 Å². The number of hydrogen-bond donors (Lipinski definition) is 1. The molecule has 0 saturated carbocycles. The van der Waals surface area contributed by atoms with Gasteiger partial charge in [0.15, 0.2) is 9.84 Å². The first-order chi connectivity index (χ1) is 16.0.